The summed E-state index contributed by atoms with van der Waals surface area (Å²) in [5.41, 5.74) is 2.67. The van der Waals surface area contributed by atoms with Gasteiger partial charge in [-0.25, -0.2) is 0 Å². The van der Waals surface area contributed by atoms with Gasteiger partial charge in [0.05, 0.1) is 11.4 Å². The summed E-state index contributed by atoms with van der Waals surface area (Å²) in [5.74, 6) is 0.825. The van der Waals surface area contributed by atoms with Gasteiger partial charge in [0.25, 0.3) is 0 Å². The van der Waals surface area contributed by atoms with Crippen LogP contribution in [0.5, 0.6) is 0 Å². The molecule has 1 saturated heterocycles. The predicted molar refractivity (Wildman–Crippen MR) is 68.1 cm³/mol. The van der Waals surface area contributed by atoms with Gasteiger partial charge in [-0.15, -0.1) is 0 Å². The van der Waals surface area contributed by atoms with Crippen LogP contribution in [0.4, 0.5) is 11.4 Å². The van der Waals surface area contributed by atoms with Crippen LogP contribution < -0.4 is 15.5 Å². The SMILES string of the molecule is c1ccc2c(c1)NCCN2CC1CCNC1. The van der Waals surface area contributed by atoms with E-state index >= 15 is 0 Å². The molecule has 86 valence electrons. The van der Waals surface area contributed by atoms with Crippen molar-refractivity contribution in [1.82, 2.24) is 5.32 Å². The number of para-hydroxylation sites is 2. The van der Waals surface area contributed by atoms with E-state index in [1.54, 1.807) is 0 Å². The lowest BCUT2D eigenvalue weighted by molar-refractivity contribution is 0.559. The van der Waals surface area contributed by atoms with Gasteiger partial charge in [0.15, 0.2) is 0 Å². The summed E-state index contributed by atoms with van der Waals surface area (Å²) < 4.78 is 0. The van der Waals surface area contributed by atoms with Crippen molar-refractivity contribution in [3.63, 3.8) is 0 Å². The Morgan fingerprint density at radius 2 is 2.19 bits per heavy atom. The van der Waals surface area contributed by atoms with Crippen LogP contribution in [0.25, 0.3) is 0 Å². The molecule has 1 unspecified atom stereocenters. The monoisotopic (exact) mass is 217 g/mol. The third kappa shape index (κ3) is 1.87. The van der Waals surface area contributed by atoms with E-state index in [1.165, 1.54) is 37.4 Å². The lowest BCUT2D eigenvalue weighted by Gasteiger charge is -2.33. The first-order valence-electron chi connectivity index (χ1n) is 6.22. The van der Waals surface area contributed by atoms with E-state index in [0.717, 1.165) is 19.0 Å². The van der Waals surface area contributed by atoms with Crippen LogP contribution in [0, 0.1) is 5.92 Å². The molecule has 1 aromatic rings. The third-order valence-electron chi connectivity index (χ3n) is 3.58. The minimum Gasteiger partial charge on any atom is -0.382 e. The molecule has 1 fully saturated rings. The Labute approximate surface area is 96.8 Å². The van der Waals surface area contributed by atoms with E-state index in [2.05, 4.69) is 39.8 Å². The maximum atomic E-state index is 3.46. The number of benzene rings is 1. The van der Waals surface area contributed by atoms with Crippen molar-refractivity contribution in [3.05, 3.63) is 24.3 Å². The third-order valence-corrected chi connectivity index (χ3v) is 3.58. The van der Waals surface area contributed by atoms with Crippen LogP contribution in [-0.4, -0.2) is 32.7 Å². The van der Waals surface area contributed by atoms with E-state index in [-0.39, 0.29) is 0 Å². The quantitative estimate of drug-likeness (QED) is 0.786. The Balaban J connectivity index is 1.76. The average Bonchev–Trinajstić information content (AvgIpc) is 2.82. The van der Waals surface area contributed by atoms with Gasteiger partial charge in [-0.1, -0.05) is 12.1 Å². The smallest absolute Gasteiger partial charge is 0.0602 e. The molecule has 0 aliphatic carbocycles. The first-order valence-corrected chi connectivity index (χ1v) is 6.22. The molecule has 0 spiro atoms. The second-order valence-corrected chi connectivity index (χ2v) is 4.75. The van der Waals surface area contributed by atoms with E-state index in [1.807, 2.05) is 0 Å². The molecule has 0 bridgehead atoms. The lowest BCUT2D eigenvalue weighted by atomic mass is 10.1. The Hall–Kier alpha value is -1.22. The summed E-state index contributed by atoms with van der Waals surface area (Å²) in [6, 6.07) is 8.64. The van der Waals surface area contributed by atoms with E-state index < -0.39 is 0 Å². The number of hydrogen-bond acceptors (Lipinski definition) is 3. The van der Waals surface area contributed by atoms with Crippen molar-refractivity contribution >= 4 is 11.4 Å². The van der Waals surface area contributed by atoms with Gasteiger partial charge in [0, 0.05) is 19.6 Å². The summed E-state index contributed by atoms with van der Waals surface area (Å²) in [4.78, 5) is 2.53. The fourth-order valence-electron chi connectivity index (χ4n) is 2.72. The molecule has 3 rings (SSSR count). The second kappa shape index (κ2) is 4.34. The molecule has 2 aliphatic heterocycles. The predicted octanol–water partition coefficient (Wildman–Crippen LogP) is 1.53. The molecule has 0 aromatic heterocycles. The summed E-state index contributed by atoms with van der Waals surface area (Å²) in [7, 11) is 0. The zero-order chi connectivity index (χ0) is 10.8. The van der Waals surface area contributed by atoms with Gasteiger partial charge < -0.3 is 15.5 Å². The van der Waals surface area contributed by atoms with Gasteiger partial charge in [-0.2, -0.15) is 0 Å². The number of rotatable bonds is 2. The molecule has 0 saturated carbocycles. The summed E-state index contributed by atoms with van der Waals surface area (Å²) >= 11 is 0. The molecule has 0 radical (unpaired) electrons. The minimum absolute atomic E-state index is 0.825. The zero-order valence-electron chi connectivity index (χ0n) is 9.58. The molecule has 2 N–H and O–H groups in total. The summed E-state index contributed by atoms with van der Waals surface area (Å²) in [6.45, 7) is 5.78. The van der Waals surface area contributed by atoms with Crippen molar-refractivity contribution in [2.75, 3.05) is 42.9 Å². The number of fused-ring (bicyclic) bond motifs is 1. The molecule has 16 heavy (non-hydrogen) atoms. The Bertz CT molecular complexity index is 358. The molecule has 3 nitrogen and oxygen atoms in total. The fraction of sp³-hybridized carbons (Fsp3) is 0.538. The normalized spacial score (nSPS) is 24.0. The maximum Gasteiger partial charge on any atom is 0.0602 e. The number of nitrogens with one attached hydrogen (secondary N) is 2. The summed E-state index contributed by atoms with van der Waals surface area (Å²) in [5, 5.41) is 6.90. The van der Waals surface area contributed by atoms with E-state index in [4.69, 9.17) is 0 Å². The highest BCUT2D eigenvalue weighted by atomic mass is 15.2. The van der Waals surface area contributed by atoms with Crippen molar-refractivity contribution in [1.29, 1.82) is 0 Å². The molecule has 2 aliphatic rings. The van der Waals surface area contributed by atoms with Crippen molar-refractivity contribution in [3.8, 4) is 0 Å². The summed E-state index contributed by atoms with van der Waals surface area (Å²) in [6.07, 6.45) is 1.33. The van der Waals surface area contributed by atoms with Crippen LogP contribution in [0.1, 0.15) is 6.42 Å². The standard InChI is InChI=1S/C13H19N3/c1-2-4-13-12(3-1)15-7-8-16(13)10-11-5-6-14-9-11/h1-4,11,14-15H,5-10H2. The molecule has 0 amide bonds. The van der Waals surface area contributed by atoms with Gasteiger partial charge in [-0.05, 0) is 37.6 Å². The first-order chi connectivity index (χ1) is 7.93. The van der Waals surface area contributed by atoms with Crippen molar-refractivity contribution in [2.24, 2.45) is 5.92 Å². The van der Waals surface area contributed by atoms with Gasteiger partial charge in [0.2, 0.25) is 0 Å². The van der Waals surface area contributed by atoms with E-state index in [0.29, 0.717) is 0 Å². The molecule has 1 atom stereocenters. The highest BCUT2D eigenvalue weighted by Crippen LogP contribution is 2.29. The average molecular weight is 217 g/mol. The van der Waals surface area contributed by atoms with Crippen LogP contribution in [0.3, 0.4) is 0 Å². The van der Waals surface area contributed by atoms with Crippen LogP contribution in [0.15, 0.2) is 24.3 Å². The van der Waals surface area contributed by atoms with Gasteiger partial charge >= 0.3 is 0 Å². The van der Waals surface area contributed by atoms with Crippen LogP contribution in [0.2, 0.25) is 0 Å². The van der Waals surface area contributed by atoms with Crippen molar-refractivity contribution in [2.45, 2.75) is 6.42 Å². The highest BCUT2D eigenvalue weighted by Gasteiger charge is 2.21. The van der Waals surface area contributed by atoms with Crippen LogP contribution in [-0.2, 0) is 0 Å². The highest BCUT2D eigenvalue weighted by molar-refractivity contribution is 5.71. The number of nitrogens with zero attached hydrogens (tertiary/aromatic N) is 1. The molecule has 1 aromatic carbocycles. The molecular weight excluding hydrogens is 198 g/mol. The minimum atomic E-state index is 0.825. The largest absolute Gasteiger partial charge is 0.382 e. The molecular formula is C13H19N3. The molecule has 2 heterocycles. The van der Waals surface area contributed by atoms with Crippen molar-refractivity contribution < 1.29 is 0 Å². The maximum absolute atomic E-state index is 3.46. The lowest BCUT2D eigenvalue weighted by Crippen LogP contribution is -2.37. The van der Waals surface area contributed by atoms with E-state index in [9.17, 15) is 0 Å². The fourth-order valence-corrected chi connectivity index (χ4v) is 2.72. The second-order valence-electron chi connectivity index (χ2n) is 4.75. The van der Waals surface area contributed by atoms with Gasteiger partial charge in [-0.3, -0.25) is 0 Å². The Morgan fingerprint density at radius 1 is 1.25 bits per heavy atom. The number of anilines is 2. The first kappa shape index (κ1) is 9.97. The number of hydrogen-bond donors (Lipinski definition) is 2. The Morgan fingerprint density at radius 3 is 3.06 bits per heavy atom. The topological polar surface area (TPSA) is 27.3 Å². The Kier molecular flexibility index (Phi) is 2.70. The zero-order valence-corrected chi connectivity index (χ0v) is 9.58. The van der Waals surface area contributed by atoms with Gasteiger partial charge in [0.1, 0.15) is 0 Å². The molecule has 3 heteroatoms. The van der Waals surface area contributed by atoms with Crippen LogP contribution >= 0.6 is 0 Å².